The number of aliphatic hydroxyl groups is 2. The van der Waals surface area contributed by atoms with Crippen molar-refractivity contribution in [3.05, 3.63) is 0 Å². The van der Waals surface area contributed by atoms with Gasteiger partial charge in [0.05, 0.1) is 13.2 Å². The summed E-state index contributed by atoms with van der Waals surface area (Å²) in [5, 5.41) is 19.1. The molecule has 0 unspecified atom stereocenters. The third-order valence-electron chi connectivity index (χ3n) is 2.35. The second kappa shape index (κ2) is 4.52. The standard InChI is InChI=1S/C8H14O6/c9-5-1-11-3-13-7(5)8-6(10)2-12-4-14-8/h5-10H,1-4H2/t5-,6-,7-,8-/m0/s1. The molecule has 0 radical (unpaired) electrons. The van der Waals surface area contributed by atoms with E-state index in [1.54, 1.807) is 0 Å². The third kappa shape index (κ3) is 2.05. The van der Waals surface area contributed by atoms with Gasteiger partial charge in [-0.15, -0.1) is 0 Å². The van der Waals surface area contributed by atoms with Crippen molar-refractivity contribution in [3.8, 4) is 0 Å². The highest BCUT2D eigenvalue weighted by Gasteiger charge is 2.39. The first-order valence-electron chi connectivity index (χ1n) is 4.54. The van der Waals surface area contributed by atoms with Gasteiger partial charge in [-0.25, -0.2) is 0 Å². The van der Waals surface area contributed by atoms with Gasteiger partial charge in [-0.3, -0.25) is 0 Å². The molecule has 0 spiro atoms. The Balaban J connectivity index is 1.96. The molecule has 2 N–H and O–H groups in total. The SMILES string of the molecule is O[C@H]1COCO[C@@H]1[C@H]1OCOC[C@@H]1O. The fourth-order valence-corrected chi connectivity index (χ4v) is 1.63. The van der Waals surface area contributed by atoms with E-state index in [-0.39, 0.29) is 26.8 Å². The van der Waals surface area contributed by atoms with Crippen LogP contribution in [0.1, 0.15) is 0 Å². The van der Waals surface area contributed by atoms with Crippen LogP contribution < -0.4 is 0 Å². The lowest BCUT2D eigenvalue weighted by Crippen LogP contribution is -2.55. The van der Waals surface area contributed by atoms with Crippen LogP contribution in [0.3, 0.4) is 0 Å². The molecule has 2 heterocycles. The monoisotopic (exact) mass is 206 g/mol. The minimum atomic E-state index is -0.762. The molecule has 2 aliphatic rings. The van der Waals surface area contributed by atoms with Gasteiger partial charge in [0, 0.05) is 0 Å². The van der Waals surface area contributed by atoms with E-state index < -0.39 is 24.4 Å². The van der Waals surface area contributed by atoms with E-state index in [0.717, 1.165) is 0 Å². The Bertz CT molecular complexity index is 167. The van der Waals surface area contributed by atoms with Crippen LogP contribution in [0.4, 0.5) is 0 Å². The molecule has 0 amide bonds. The van der Waals surface area contributed by atoms with Gasteiger partial charge in [-0.2, -0.15) is 0 Å². The summed E-state index contributed by atoms with van der Waals surface area (Å²) in [6.45, 7) is 0.653. The molecular weight excluding hydrogens is 192 g/mol. The normalized spacial score (nSPS) is 45.0. The van der Waals surface area contributed by atoms with Gasteiger partial charge in [0.1, 0.15) is 38.0 Å². The summed E-state index contributed by atoms with van der Waals surface area (Å²) < 4.78 is 20.2. The van der Waals surface area contributed by atoms with Crippen molar-refractivity contribution in [2.45, 2.75) is 24.4 Å². The highest BCUT2D eigenvalue weighted by atomic mass is 16.7. The first-order chi connectivity index (χ1) is 6.79. The van der Waals surface area contributed by atoms with Crippen molar-refractivity contribution in [2.75, 3.05) is 26.8 Å². The predicted molar refractivity (Wildman–Crippen MR) is 43.4 cm³/mol. The zero-order valence-electron chi connectivity index (χ0n) is 7.67. The molecule has 2 rings (SSSR count). The van der Waals surface area contributed by atoms with Gasteiger partial charge < -0.3 is 29.2 Å². The van der Waals surface area contributed by atoms with E-state index >= 15 is 0 Å². The molecule has 2 fully saturated rings. The molecule has 0 saturated carbocycles. The maximum Gasteiger partial charge on any atom is 0.147 e. The van der Waals surface area contributed by atoms with Crippen LogP contribution in [0.25, 0.3) is 0 Å². The molecule has 0 aromatic rings. The molecule has 0 bridgehead atoms. The Morgan fingerprint density at radius 2 is 1.21 bits per heavy atom. The van der Waals surface area contributed by atoms with E-state index in [0.29, 0.717) is 0 Å². The predicted octanol–water partition coefficient (Wildman–Crippen LogP) is -1.55. The number of rotatable bonds is 1. The van der Waals surface area contributed by atoms with Gasteiger partial charge in [0.25, 0.3) is 0 Å². The zero-order valence-corrected chi connectivity index (χ0v) is 7.67. The van der Waals surface area contributed by atoms with Crippen molar-refractivity contribution in [1.82, 2.24) is 0 Å². The molecule has 2 aliphatic heterocycles. The summed E-state index contributed by atoms with van der Waals surface area (Å²) >= 11 is 0. The number of aliphatic hydroxyl groups excluding tert-OH is 2. The van der Waals surface area contributed by atoms with Crippen LogP contribution >= 0.6 is 0 Å². The lowest BCUT2D eigenvalue weighted by atomic mass is 10.0. The second-order valence-electron chi connectivity index (χ2n) is 3.37. The highest BCUT2D eigenvalue weighted by Crippen LogP contribution is 2.19. The van der Waals surface area contributed by atoms with Gasteiger partial charge in [-0.1, -0.05) is 0 Å². The maximum absolute atomic E-state index is 9.56. The van der Waals surface area contributed by atoms with Crippen molar-refractivity contribution >= 4 is 0 Å². The molecule has 6 heteroatoms. The highest BCUT2D eigenvalue weighted by molar-refractivity contribution is 4.85. The lowest BCUT2D eigenvalue weighted by Gasteiger charge is -2.38. The third-order valence-corrected chi connectivity index (χ3v) is 2.35. The minimum absolute atomic E-state index is 0.120. The van der Waals surface area contributed by atoms with Crippen molar-refractivity contribution in [2.24, 2.45) is 0 Å². The van der Waals surface area contributed by atoms with Gasteiger partial charge in [0.15, 0.2) is 0 Å². The Kier molecular flexibility index (Phi) is 3.32. The first kappa shape index (κ1) is 10.3. The Morgan fingerprint density at radius 1 is 0.786 bits per heavy atom. The van der Waals surface area contributed by atoms with Crippen LogP contribution in [0, 0.1) is 0 Å². The maximum atomic E-state index is 9.56. The Morgan fingerprint density at radius 3 is 1.57 bits per heavy atom. The summed E-state index contributed by atoms with van der Waals surface area (Å²) in [6, 6.07) is 0. The molecule has 0 aromatic heterocycles. The smallest absolute Gasteiger partial charge is 0.147 e. The van der Waals surface area contributed by atoms with Crippen LogP contribution in [-0.4, -0.2) is 61.4 Å². The first-order valence-corrected chi connectivity index (χ1v) is 4.54. The van der Waals surface area contributed by atoms with Crippen LogP contribution in [-0.2, 0) is 18.9 Å². The molecule has 14 heavy (non-hydrogen) atoms. The fraction of sp³-hybridized carbons (Fsp3) is 1.00. The number of ether oxygens (including phenoxy) is 4. The van der Waals surface area contributed by atoms with E-state index in [1.807, 2.05) is 0 Å². The van der Waals surface area contributed by atoms with Crippen LogP contribution in [0.2, 0.25) is 0 Å². The quantitative estimate of drug-likeness (QED) is 0.541. The molecule has 0 aliphatic carbocycles. The lowest BCUT2D eigenvalue weighted by molar-refractivity contribution is -0.277. The van der Waals surface area contributed by atoms with Gasteiger partial charge in [0.2, 0.25) is 0 Å². The summed E-state index contributed by atoms with van der Waals surface area (Å²) in [6.07, 6.45) is -2.60. The molecule has 82 valence electrons. The van der Waals surface area contributed by atoms with Crippen molar-refractivity contribution in [3.63, 3.8) is 0 Å². The van der Waals surface area contributed by atoms with E-state index in [1.165, 1.54) is 0 Å². The molecule has 0 aromatic carbocycles. The average molecular weight is 206 g/mol. The number of hydrogen-bond acceptors (Lipinski definition) is 6. The second-order valence-corrected chi connectivity index (χ2v) is 3.37. The zero-order chi connectivity index (χ0) is 9.97. The summed E-state index contributed by atoms with van der Waals surface area (Å²) in [7, 11) is 0. The Hall–Kier alpha value is -0.240. The van der Waals surface area contributed by atoms with Crippen LogP contribution in [0.5, 0.6) is 0 Å². The van der Waals surface area contributed by atoms with E-state index in [4.69, 9.17) is 18.9 Å². The summed E-state index contributed by atoms with van der Waals surface area (Å²) in [5.41, 5.74) is 0. The summed E-state index contributed by atoms with van der Waals surface area (Å²) in [4.78, 5) is 0. The van der Waals surface area contributed by atoms with Gasteiger partial charge >= 0.3 is 0 Å². The number of hydrogen-bond donors (Lipinski definition) is 2. The van der Waals surface area contributed by atoms with Crippen LogP contribution in [0.15, 0.2) is 0 Å². The minimum Gasteiger partial charge on any atom is -0.388 e. The van der Waals surface area contributed by atoms with E-state index in [9.17, 15) is 10.2 Å². The topological polar surface area (TPSA) is 77.4 Å². The molecular formula is C8H14O6. The molecule has 4 atom stereocenters. The Labute approximate surface area is 81.3 Å². The molecule has 6 nitrogen and oxygen atoms in total. The largest absolute Gasteiger partial charge is 0.388 e. The van der Waals surface area contributed by atoms with Crippen molar-refractivity contribution < 1.29 is 29.2 Å². The van der Waals surface area contributed by atoms with Gasteiger partial charge in [-0.05, 0) is 0 Å². The summed E-state index contributed by atoms with van der Waals surface area (Å²) in [5.74, 6) is 0. The fourth-order valence-electron chi connectivity index (χ4n) is 1.63. The van der Waals surface area contributed by atoms with E-state index in [2.05, 4.69) is 0 Å². The van der Waals surface area contributed by atoms with Crippen molar-refractivity contribution in [1.29, 1.82) is 0 Å². The average Bonchev–Trinajstić information content (AvgIpc) is 2.20. The molecule has 2 saturated heterocycles.